The fraction of sp³-hybridized carbons (Fsp3) is 0.0769. The zero-order valence-electron chi connectivity index (χ0n) is 10.3. The predicted molar refractivity (Wildman–Crippen MR) is 73.0 cm³/mol. The normalized spacial score (nSPS) is 11.2. The third kappa shape index (κ3) is 3.52. The van der Waals surface area contributed by atoms with Gasteiger partial charge in [0.05, 0.1) is 15.7 Å². The van der Waals surface area contributed by atoms with Gasteiger partial charge in [-0.25, -0.2) is 0 Å². The van der Waals surface area contributed by atoms with Crippen molar-refractivity contribution in [3.8, 4) is 5.75 Å². The zero-order chi connectivity index (χ0) is 15.6. The number of nitrogens with zero attached hydrogens (tertiary/aromatic N) is 1. The summed E-state index contributed by atoms with van der Waals surface area (Å²) in [7, 11) is 0. The third-order valence-electron chi connectivity index (χ3n) is 2.58. The van der Waals surface area contributed by atoms with Crippen molar-refractivity contribution in [3.05, 3.63) is 52.3 Å². The van der Waals surface area contributed by atoms with Crippen molar-refractivity contribution in [1.82, 2.24) is 4.98 Å². The molecule has 21 heavy (non-hydrogen) atoms. The monoisotopic (exact) mass is 360 g/mol. The quantitative estimate of drug-likeness (QED) is 0.800. The smallest absolute Gasteiger partial charge is 0.416 e. The largest absolute Gasteiger partial charge is 0.505 e. The lowest BCUT2D eigenvalue weighted by Crippen LogP contribution is -2.13. The van der Waals surface area contributed by atoms with Crippen LogP contribution >= 0.6 is 15.9 Å². The molecule has 0 radical (unpaired) electrons. The molecule has 2 rings (SSSR count). The molecule has 0 aliphatic heterocycles. The van der Waals surface area contributed by atoms with Gasteiger partial charge in [0.1, 0.15) is 0 Å². The molecular formula is C13H8BrF3N2O2. The molecule has 1 amide bonds. The van der Waals surface area contributed by atoms with Crippen LogP contribution in [-0.2, 0) is 6.18 Å². The van der Waals surface area contributed by atoms with Crippen LogP contribution in [0.5, 0.6) is 5.75 Å². The maximum absolute atomic E-state index is 12.7. The second kappa shape index (κ2) is 5.72. The van der Waals surface area contributed by atoms with E-state index in [0.29, 0.717) is 6.07 Å². The number of nitrogens with one attached hydrogen (secondary N) is 1. The number of carbonyl (C=O) groups is 1. The van der Waals surface area contributed by atoms with Crippen LogP contribution in [0.3, 0.4) is 0 Å². The molecule has 1 aromatic carbocycles. The Balaban J connectivity index is 2.36. The summed E-state index contributed by atoms with van der Waals surface area (Å²) < 4.78 is 38.0. The lowest BCUT2D eigenvalue weighted by Gasteiger charge is -2.13. The number of amides is 1. The molecule has 0 atom stereocenters. The molecule has 0 spiro atoms. The molecule has 2 N–H and O–H groups in total. The molecule has 110 valence electrons. The summed E-state index contributed by atoms with van der Waals surface area (Å²) in [6, 6.07) is 4.20. The molecular weight excluding hydrogens is 353 g/mol. The maximum Gasteiger partial charge on any atom is 0.416 e. The second-order valence-electron chi connectivity index (χ2n) is 4.04. The first-order valence-electron chi connectivity index (χ1n) is 5.60. The molecule has 0 saturated heterocycles. The Morgan fingerprint density at radius 3 is 2.43 bits per heavy atom. The van der Waals surface area contributed by atoms with Crippen LogP contribution in [0, 0.1) is 0 Å². The Bertz CT molecular complexity index is 675. The van der Waals surface area contributed by atoms with Crippen molar-refractivity contribution in [1.29, 1.82) is 0 Å². The van der Waals surface area contributed by atoms with E-state index in [-0.39, 0.29) is 15.7 Å². The number of halogens is 4. The van der Waals surface area contributed by atoms with Crippen LogP contribution in [0.4, 0.5) is 18.9 Å². The lowest BCUT2D eigenvalue weighted by molar-refractivity contribution is -0.137. The van der Waals surface area contributed by atoms with Crippen molar-refractivity contribution in [3.63, 3.8) is 0 Å². The Morgan fingerprint density at radius 1 is 1.24 bits per heavy atom. The van der Waals surface area contributed by atoms with Crippen LogP contribution < -0.4 is 5.32 Å². The number of carbonyl (C=O) groups excluding carboxylic acids is 1. The minimum Gasteiger partial charge on any atom is -0.505 e. The van der Waals surface area contributed by atoms with Gasteiger partial charge in [-0.2, -0.15) is 13.2 Å². The number of anilines is 1. The number of rotatable bonds is 2. The summed E-state index contributed by atoms with van der Waals surface area (Å²) in [5.41, 5.74) is -1.12. The first-order chi connectivity index (χ1) is 9.79. The van der Waals surface area contributed by atoms with Crippen molar-refractivity contribution >= 4 is 27.5 Å². The van der Waals surface area contributed by atoms with Crippen LogP contribution in [0.1, 0.15) is 15.9 Å². The molecule has 0 aliphatic carbocycles. The number of alkyl halides is 3. The van der Waals surface area contributed by atoms with E-state index >= 15 is 0 Å². The Morgan fingerprint density at radius 2 is 1.86 bits per heavy atom. The summed E-state index contributed by atoms with van der Waals surface area (Å²) in [4.78, 5) is 15.6. The van der Waals surface area contributed by atoms with E-state index in [4.69, 9.17) is 0 Å². The van der Waals surface area contributed by atoms with Crippen molar-refractivity contribution < 1.29 is 23.1 Å². The molecule has 1 aromatic heterocycles. The molecule has 4 nitrogen and oxygen atoms in total. The number of pyridine rings is 1. The van der Waals surface area contributed by atoms with Gasteiger partial charge in [0.15, 0.2) is 5.75 Å². The summed E-state index contributed by atoms with van der Waals surface area (Å²) in [6.07, 6.45) is -1.85. The van der Waals surface area contributed by atoms with Gasteiger partial charge >= 0.3 is 6.18 Å². The molecule has 0 bridgehead atoms. The van der Waals surface area contributed by atoms with Crippen molar-refractivity contribution in [2.24, 2.45) is 0 Å². The Hall–Kier alpha value is -2.09. The fourth-order valence-electron chi connectivity index (χ4n) is 1.56. The fourth-order valence-corrected chi connectivity index (χ4v) is 2.02. The maximum atomic E-state index is 12.7. The summed E-state index contributed by atoms with van der Waals surface area (Å²) in [5, 5.41) is 12.0. The number of hydrogen-bond donors (Lipinski definition) is 2. The van der Waals surface area contributed by atoms with E-state index in [9.17, 15) is 23.1 Å². The molecule has 2 aromatic rings. The summed E-state index contributed by atoms with van der Waals surface area (Å²) in [6.45, 7) is 0. The molecule has 1 heterocycles. The molecule has 8 heteroatoms. The van der Waals surface area contributed by atoms with E-state index < -0.39 is 23.4 Å². The lowest BCUT2D eigenvalue weighted by atomic mass is 10.1. The summed E-state index contributed by atoms with van der Waals surface area (Å²) in [5.74, 6) is -1.13. The second-order valence-corrected chi connectivity index (χ2v) is 4.90. The van der Waals surface area contributed by atoms with Crippen LogP contribution in [0.15, 0.2) is 41.1 Å². The minimum atomic E-state index is -4.59. The van der Waals surface area contributed by atoms with E-state index in [1.807, 2.05) is 0 Å². The van der Waals surface area contributed by atoms with Crippen LogP contribution in [0.25, 0.3) is 0 Å². The summed E-state index contributed by atoms with van der Waals surface area (Å²) >= 11 is 2.82. The first-order valence-corrected chi connectivity index (χ1v) is 6.39. The highest BCUT2D eigenvalue weighted by Gasteiger charge is 2.32. The van der Waals surface area contributed by atoms with E-state index in [0.717, 1.165) is 6.07 Å². The first kappa shape index (κ1) is 15.3. The van der Waals surface area contributed by atoms with Crippen molar-refractivity contribution in [2.75, 3.05) is 5.32 Å². The van der Waals surface area contributed by atoms with Gasteiger partial charge in [-0.3, -0.25) is 9.78 Å². The van der Waals surface area contributed by atoms with E-state index in [2.05, 4.69) is 26.2 Å². The van der Waals surface area contributed by atoms with Gasteiger partial charge < -0.3 is 10.4 Å². The third-order valence-corrected chi connectivity index (χ3v) is 3.19. The van der Waals surface area contributed by atoms with Gasteiger partial charge in [0.2, 0.25) is 0 Å². The van der Waals surface area contributed by atoms with Gasteiger partial charge in [-0.1, -0.05) is 0 Å². The van der Waals surface area contributed by atoms with Crippen LogP contribution in [-0.4, -0.2) is 16.0 Å². The topological polar surface area (TPSA) is 62.2 Å². The number of phenolic OH excluding ortho intramolecular Hbond substituents is 1. The highest BCUT2D eigenvalue weighted by atomic mass is 79.9. The highest BCUT2D eigenvalue weighted by Crippen LogP contribution is 2.39. The van der Waals surface area contributed by atoms with E-state index in [1.54, 1.807) is 0 Å². The van der Waals surface area contributed by atoms with Gasteiger partial charge in [0, 0.05) is 18.0 Å². The minimum absolute atomic E-state index is 0.164. The van der Waals surface area contributed by atoms with Gasteiger partial charge in [0.25, 0.3) is 5.91 Å². The van der Waals surface area contributed by atoms with E-state index in [1.165, 1.54) is 24.5 Å². The average Bonchev–Trinajstić information content (AvgIpc) is 2.43. The SMILES string of the molecule is O=C(Nc1cc(C(F)(F)F)cc(Br)c1O)c1ccncc1. The van der Waals surface area contributed by atoms with Gasteiger partial charge in [-0.15, -0.1) is 0 Å². The highest BCUT2D eigenvalue weighted by molar-refractivity contribution is 9.10. The molecule has 0 aliphatic rings. The number of aromatic hydroxyl groups is 1. The Kier molecular flexibility index (Phi) is 4.17. The standard InChI is InChI=1S/C13H8BrF3N2O2/c14-9-5-8(13(15,16)17)6-10(11(9)20)19-12(21)7-1-3-18-4-2-7/h1-6,20H,(H,19,21). The number of phenols is 1. The van der Waals surface area contributed by atoms with Gasteiger partial charge in [-0.05, 0) is 40.2 Å². The molecule has 0 fully saturated rings. The molecule has 0 unspecified atom stereocenters. The zero-order valence-corrected chi connectivity index (χ0v) is 11.9. The predicted octanol–water partition coefficient (Wildman–Crippen LogP) is 3.82. The number of hydrogen-bond acceptors (Lipinski definition) is 3. The Labute approximate surface area is 125 Å². The molecule has 0 saturated carbocycles. The number of aromatic nitrogens is 1. The number of benzene rings is 1. The van der Waals surface area contributed by atoms with Crippen molar-refractivity contribution in [2.45, 2.75) is 6.18 Å². The van der Waals surface area contributed by atoms with Crippen LogP contribution in [0.2, 0.25) is 0 Å². The average molecular weight is 361 g/mol.